The van der Waals surface area contributed by atoms with Crippen molar-refractivity contribution >= 4 is 11.7 Å². The van der Waals surface area contributed by atoms with Crippen molar-refractivity contribution in [3.8, 4) is 0 Å². The first-order valence-corrected chi connectivity index (χ1v) is 8.45. The molecule has 0 fully saturated rings. The van der Waals surface area contributed by atoms with Crippen molar-refractivity contribution in [1.29, 1.82) is 0 Å². The van der Waals surface area contributed by atoms with Crippen LogP contribution in [-0.2, 0) is 18.0 Å². The molecule has 0 aliphatic carbocycles. The number of hydrogen-bond donors (Lipinski definition) is 3. The number of rotatable bonds is 9. The Morgan fingerprint density at radius 2 is 2.08 bits per heavy atom. The number of carbonyl (C=O) groups excluding carboxylic acids is 1. The van der Waals surface area contributed by atoms with Crippen LogP contribution in [0.2, 0.25) is 0 Å². The van der Waals surface area contributed by atoms with Crippen molar-refractivity contribution in [2.45, 2.75) is 39.6 Å². The largest absolute Gasteiger partial charge is 0.467 e. The molecular formula is C19H26N2O4. The molecule has 1 atom stereocenters. The quantitative estimate of drug-likeness (QED) is 0.648. The average Bonchev–Trinajstić information content (AvgIpc) is 3.06. The minimum absolute atomic E-state index is 0.232. The molecule has 0 aliphatic heterocycles. The summed E-state index contributed by atoms with van der Waals surface area (Å²) in [6, 6.07) is 10.8. The highest BCUT2D eigenvalue weighted by Crippen LogP contribution is 2.13. The van der Waals surface area contributed by atoms with E-state index in [1.807, 2.05) is 44.2 Å². The molecule has 0 spiro atoms. The number of furan rings is 1. The summed E-state index contributed by atoms with van der Waals surface area (Å²) in [4.78, 5) is 11.9. The Labute approximate surface area is 148 Å². The third-order valence-electron chi connectivity index (χ3n) is 3.52. The predicted octanol–water partition coefficient (Wildman–Crippen LogP) is 3.52. The van der Waals surface area contributed by atoms with Gasteiger partial charge in [-0.15, -0.1) is 0 Å². The van der Waals surface area contributed by atoms with Crippen LogP contribution in [0, 0.1) is 5.92 Å². The van der Waals surface area contributed by atoms with Gasteiger partial charge in [0.25, 0.3) is 0 Å². The monoisotopic (exact) mass is 346 g/mol. The summed E-state index contributed by atoms with van der Waals surface area (Å²) >= 11 is 0. The van der Waals surface area contributed by atoms with Crippen LogP contribution in [0.3, 0.4) is 0 Å². The van der Waals surface area contributed by atoms with Crippen molar-refractivity contribution in [3.05, 3.63) is 54.0 Å². The Morgan fingerprint density at radius 1 is 1.24 bits per heavy atom. The summed E-state index contributed by atoms with van der Waals surface area (Å²) in [5, 5.41) is 15.2. The van der Waals surface area contributed by atoms with Gasteiger partial charge in [-0.25, -0.2) is 4.79 Å². The molecule has 0 radical (unpaired) electrons. The van der Waals surface area contributed by atoms with Crippen molar-refractivity contribution in [2.24, 2.45) is 5.92 Å². The SMILES string of the molecule is CC(C)CC(O)CNC(=O)Nc1cccc(COCc2ccco2)c1. The first kappa shape index (κ1) is 19.0. The lowest BCUT2D eigenvalue weighted by Gasteiger charge is -2.14. The molecule has 0 aliphatic rings. The second-order valence-electron chi connectivity index (χ2n) is 6.39. The lowest BCUT2D eigenvalue weighted by atomic mass is 10.1. The van der Waals surface area contributed by atoms with E-state index in [1.54, 1.807) is 12.3 Å². The van der Waals surface area contributed by atoms with E-state index in [2.05, 4.69) is 10.6 Å². The fraction of sp³-hybridized carbons (Fsp3) is 0.421. The summed E-state index contributed by atoms with van der Waals surface area (Å²) in [5.74, 6) is 1.16. The van der Waals surface area contributed by atoms with E-state index in [0.717, 1.165) is 11.3 Å². The molecule has 2 rings (SSSR count). The molecule has 0 saturated carbocycles. The summed E-state index contributed by atoms with van der Waals surface area (Å²) < 4.78 is 10.8. The molecule has 3 N–H and O–H groups in total. The number of aliphatic hydroxyl groups excluding tert-OH is 1. The van der Waals surface area contributed by atoms with Gasteiger partial charge >= 0.3 is 6.03 Å². The summed E-state index contributed by atoms with van der Waals surface area (Å²) in [7, 11) is 0. The van der Waals surface area contributed by atoms with Gasteiger partial charge in [-0.05, 0) is 42.2 Å². The lowest BCUT2D eigenvalue weighted by molar-refractivity contribution is 0.0930. The second kappa shape index (κ2) is 9.86. The van der Waals surface area contributed by atoms with E-state index < -0.39 is 6.10 Å². The van der Waals surface area contributed by atoms with Crippen molar-refractivity contribution in [2.75, 3.05) is 11.9 Å². The fourth-order valence-electron chi connectivity index (χ4n) is 2.42. The van der Waals surface area contributed by atoms with Crippen molar-refractivity contribution < 1.29 is 19.1 Å². The molecule has 2 amide bonds. The number of anilines is 1. The highest BCUT2D eigenvalue weighted by Gasteiger charge is 2.09. The van der Waals surface area contributed by atoms with Gasteiger partial charge in [0.15, 0.2) is 0 Å². The van der Waals surface area contributed by atoms with Crippen LogP contribution < -0.4 is 10.6 Å². The molecule has 6 nitrogen and oxygen atoms in total. The van der Waals surface area contributed by atoms with Gasteiger partial charge in [0.2, 0.25) is 0 Å². The maximum atomic E-state index is 11.9. The van der Waals surface area contributed by atoms with Gasteiger partial charge in [-0.1, -0.05) is 26.0 Å². The maximum Gasteiger partial charge on any atom is 0.319 e. The molecule has 136 valence electrons. The molecule has 1 unspecified atom stereocenters. The highest BCUT2D eigenvalue weighted by atomic mass is 16.5. The van der Waals surface area contributed by atoms with E-state index in [1.165, 1.54) is 0 Å². The Bertz CT molecular complexity index is 641. The number of ether oxygens (including phenoxy) is 1. The Balaban J connectivity index is 1.75. The zero-order valence-electron chi connectivity index (χ0n) is 14.7. The molecule has 1 aromatic carbocycles. The van der Waals surface area contributed by atoms with E-state index in [-0.39, 0.29) is 12.6 Å². The zero-order chi connectivity index (χ0) is 18.1. The Morgan fingerprint density at radius 3 is 2.80 bits per heavy atom. The van der Waals surface area contributed by atoms with Gasteiger partial charge in [0, 0.05) is 12.2 Å². The third kappa shape index (κ3) is 7.41. The average molecular weight is 346 g/mol. The molecule has 6 heteroatoms. The van der Waals surface area contributed by atoms with Crippen molar-refractivity contribution in [3.63, 3.8) is 0 Å². The first-order chi connectivity index (χ1) is 12.0. The predicted molar refractivity (Wildman–Crippen MR) is 96.1 cm³/mol. The maximum absolute atomic E-state index is 11.9. The van der Waals surface area contributed by atoms with Crippen LogP contribution >= 0.6 is 0 Å². The van der Waals surface area contributed by atoms with Gasteiger partial charge in [0.05, 0.1) is 19.0 Å². The van der Waals surface area contributed by atoms with Crippen LogP contribution in [0.4, 0.5) is 10.5 Å². The Kier molecular flexibility index (Phi) is 7.50. The molecule has 25 heavy (non-hydrogen) atoms. The Hall–Kier alpha value is -2.31. The topological polar surface area (TPSA) is 83.7 Å². The van der Waals surface area contributed by atoms with E-state index in [9.17, 15) is 9.90 Å². The van der Waals surface area contributed by atoms with E-state index in [0.29, 0.717) is 31.2 Å². The second-order valence-corrected chi connectivity index (χ2v) is 6.39. The molecule has 2 aromatic rings. The standard InChI is InChI=1S/C19H26N2O4/c1-14(2)9-17(22)11-20-19(23)21-16-6-3-5-15(10-16)12-24-13-18-7-4-8-25-18/h3-8,10,14,17,22H,9,11-13H2,1-2H3,(H2,20,21,23). The number of carbonyl (C=O) groups is 1. The lowest BCUT2D eigenvalue weighted by Crippen LogP contribution is -2.35. The van der Waals surface area contributed by atoms with Crippen molar-refractivity contribution in [1.82, 2.24) is 5.32 Å². The highest BCUT2D eigenvalue weighted by molar-refractivity contribution is 5.89. The number of urea groups is 1. The number of aliphatic hydroxyl groups is 1. The molecule has 0 bridgehead atoms. The van der Waals surface area contributed by atoms with Gasteiger partial charge in [-0.2, -0.15) is 0 Å². The van der Waals surface area contributed by atoms with Crippen LogP contribution in [0.5, 0.6) is 0 Å². The van der Waals surface area contributed by atoms with Crippen LogP contribution in [0.25, 0.3) is 0 Å². The van der Waals surface area contributed by atoms with E-state index in [4.69, 9.17) is 9.15 Å². The van der Waals surface area contributed by atoms with Gasteiger partial charge in [0.1, 0.15) is 12.4 Å². The smallest absolute Gasteiger partial charge is 0.319 e. The molecule has 1 aromatic heterocycles. The molecule has 1 heterocycles. The number of benzene rings is 1. The summed E-state index contributed by atoms with van der Waals surface area (Å²) in [5.41, 5.74) is 1.62. The van der Waals surface area contributed by atoms with Crippen LogP contribution in [0.1, 0.15) is 31.6 Å². The van der Waals surface area contributed by atoms with Gasteiger partial charge < -0.3 is 24.9 Å². The molecular weight excluding hydrogens is 320 g/mol. The fourth-order valence-corrected chi connectivity index (χ4v) is 2.42. The van der Waals surface area contributed by atoms with Gasteiger partial charge in [-0.3, -0.25) is 0 Å². The summed E-state index contributed by atoms with van der Waals surface area (Å²) in [6.45, 7) is 5.12. The normalized spacial score (nSPS) is 12.2. The number of nitrogens with one attached hydrogen (secondary N) is 2. The zero-order valence-corrected chi connectivity index (χ0v) is 14.7. The van der Waals surface area contributed by atoms with Crippen LogP contribution in [-0.4, -0.2) is 23.8 Å². The minimum atomic E-state index is -0.535. The van der Waals surface area contributed by atoms with Crippen LogP contribution in [0.15, 0.2) is 47.1 Å². The number of amides is 2. The van der Waals surface area contributed by atoms with E-state index >= 15 is 0 Å². The third-order valence-corrected chi connectivity index (χ3v) is 3.52. The number of hydrogen-bond acceptors (Lipinski definition) is 4. The minimum Gasteiger partial charge on any atom is -0.467 e. The summed E-state index contributed by atoms with van der Waals surface area (Å²) in [6.07, 6.45) is 1.73. The molecule has 0 saturated heterocycles. The first-order valence-electron chi connectivity index (χ1n) is 8.45.